The summed E-state index contributed by atoms with van der Waals surface area (Å²) >= 11 is 1.06. The number of nitrogens with one attached hydrogen (secondary N) is 1. The van der Waals surface area contributed by atoms with Crippen LogP contribution in [0.25, 0.3) is 16.7 Å². The van der Waals surface area contributed by atoms with Gasteiger partial charge in [-0.05, 0) is 23.8 Å². The summed E-state index contributed by atoms with van der Waals surface area (Å²) in [5.74, 6) is 0.201. The van der Waals surface area contributed by atoms with Gasteiger partial charge in [-0.15, -0.1) is 0 Å². The molecule has 0 unspecified atom stereocenters. The zero-order valence-electron chi connectivity index (χ0n) is 15.5. The number of aromatic nitrogens is 4. The molecule has 0 saturated carbocycles. The fraction of sp³-hybridized carbons (Fsp3) is 0.105. The van der Waals surface area contributed by atoms with E-state index >= 15 is 0 Å². The Hall–Kier alpha value is -3.67. The van der Waals surface area contributed by atoms with Crippen LogP contribution in [0.5, 0.6) is 0 Å². The van der Waals surface area contributed by atoms with E-state index in [0.29, 0.717) is 5.56 Å². The van der Waals surface area contributed by atoms with E-state index in [4.69, 9.17) is 0 Å². The Labute approximate surface area is 175 Å². The molecule has 31 heavy (non-hydrogen) atoms. The highest BCUT2D eigenvalue weighted by Gasteiger charge is 2.31. The van der Waals surface area contributed by atoms with Gasteiger partial charge in [-0.2, -0.15) is 18.3 Å². The van der Waals surface area contributed by atoms with Gasteiger partial charge in [0.25, 0.3) is 11.2 Å². The lowest BCUT2D eigenvalue weighted by molar-refractivity contribution is -0.384. The molecule has 2 aromatic carbocycles. The Morgan fingerprint density at radius 3 is 2.68 bits per heavy atom. The number of alkyl halides is 3. The van der Waals surface area contributed by atoms with Crippen molar-refractivity contribution in [2.24, 2.45) is 0 Å². The number of H-pyrrole nitrogens is 1. The van der Waals surface area contributed by atoms with Gasteiger partial charge in [0.05, 0.1) is 22.4 Å². The van der Waals surface area contributed by atoms with Crippen LogP contribution in [0.1, 0.15) is 11.1 Å². The molecule has 0 fully saturated rings. The highest BCUT2D eigenvalue weighted by atomic mass is 32.2. The van der Waals surface area contributed by atoms with Crippen molar-refractivity contribution in [1.82, 2.24) is 19.7 Å². The second kappa shape index (κ2) is 7.87. The third-order valence-electron chi connectivity index (χ3n) is 4.37. The molecule has 0 saturated heterocycles. The first-order valence-electron chi connectivity index (χ1n) is 8.74. The van der Waals surface area contributed by atoms with Gasteiger partial charge in [0.2, 0.25) is 0 Å². The number of benzene rings is 2. The quantitative estimate of drug-likeness (QED) is 0.211. The number of thioether (sulfide) groups is 1. The molecule has 0 amide bonds. The van der Waals surface area contributed by atoms with Crippen LogP contribution < -0.4 is 5.56 Å². The standard InChI is InChI=1S/C19H12F3N5O3S/c20-19(21,22)12-4-2-5-13(8-12)26-17(28)15-9-23-25-16(15)24-18(26)31-10-11-3-1-6-14(7-11)27(29)30/h1-9H,10H2,(H,23,25). The highest BCUT2D eigenvalue weighted by molar-refractivity contribution is 7.98. The lowest BCUT2D eigenvalue weighted by Crippen LogP contribution is -2.22. The Balaban J connectivity index is 1.80. The van der Waals surface area contributed by atoms with E-state index in [0.717, 1.165) is 28.5 Å². The van der Waals surface area contributed by atoms with Crippen molar-refractivity contribution >= 4 is 28.5 Å². The minimum atomic E-state index is -4.58. The SMILES string of the molecule is O=c1c2cn[nH]c2nc(SCc2cccc([N+](=O)[O-])c2)n1-c1cccc(C(F)(F)F)c1. The molecular weight excluding hydrogens is 435 g/mol. The van der Waals surface area contributed by atoms with Gasteiger partial charge in [-0.1, -0.05) is 30.0 Å². The van der Waals surface area contributed by atoms with Gasteiger partial charge in [0.1, 0.15) is 5.39 Å². The molecule has 0 aliphatic rings. The van der Waals surface area contributed by atoms with Crippen LogP contribution in [0.3, 0.4) is 0 Å². The van der Waals surface area contributed by atoms with E-state index in [1.807, 2.05) is 0 Å². The average Bonchev–Trinajstić information content (AvgIpc) is 3.21. The number of halogens is 3. The maximum absolute atomic E-state index is 13.2. The summed E-state index contributed by atoms with van der Waals surface area (Å²) in [5.41, 5.74) is -0.802. The maximum Gasteiger partial charge on any atom is 0.416 e. The lowest BCUT2D eigenvalue weighted by atomic mass is 10.2. The molecule has 0 atom stereocenters. The number of rotatable bonds is 5. The first-order chi connectivity index (χ1) is 14.7. The number of nitrogens with zero attached hydrogens (tertiary/aromatic N) is 4. The smallest absolute Gasteiger partial charge is 0.268 e. The predicted octanol–water partition coefficient (Wildman–Crippen LogP) is 4.33. The van der Waals surface area contributed by atoms with Gasteiger partial charge >= 0.3 is 6.18 Å². The molecule has 1 N–H and O–H groups in total. The zero-order valence-corrected chi connectivity index (χ0v) is 16.3. The minimum Gasteiger partial charge on any atom is -0.268 e. The first kappa shape index (κ1) is 20.6. The van der Waals surface area contributed by atoms with Crippen LogP contribution >= 0.6 is 11.8 Å². The molecule has 4 aromatic rings. The summed E-state index contributed by atoms with van der Waals surface area (Å²) < 4.78 is 40.6. The number of non-ortho nitro benzene ring substituents is 1. The minimum absolute atomic E-state index is 0.00281. The van der Waals surface area contributed by atoms with Gasteiger partial charge in [-0.3, -0.25) is 24.6 Å². The van der Waals surface area contributed by atoms with E-state index < -0.39 is 22.2 Å². The Bertz CT molecular complexity index is 1350. The second-order valence-corrected chi connectivity index (χ2v) is 7.37. The van der Waals surface area contributed by atoms with Crippen molar-refractivity contribution in [2.45, 2.75) is 17.1 Å². The number of hydrogen-bond donors (Lipinski definition) is 1. The van der Waals surface area contributed by atoms with Gasteiger partial charge in [0.15, 0.2) is 10.8 Å². The van der Waals surface area contributed by atoms with Crippen molar-refractivity contribution < 1.29 is 18.1 Å². The number of nitro benzene ring substituents is 1. The lowest BCUT2D eigenvalue weighted by Gasteiger charge is -2.14. The normalized spacial score (nSPS) is 11.7. The van der Waals surface area contributed by atoms with E-state index in [1.54, 1.807) is 6.07 Å². The summed E-state index contributed by atoms with van der Waals surface area (Å²) in [4.78, 5) is 27.8. The largest absolute Gasteiger partial charge is 0.416 e. The summed E-state index contributed by atoms with van der Waals surface area (Å²) in [5, 5.41) is 17.6. The predicted molar refractivity (Wildman–Crippen MR) is 107 cm³/mol. The molecule has 0 aliphatic heterocycles. The Kier molecular flexibility index (Phi) is 5.23. The van der Waals surface area contributed by atoms with Crippen molar-refractivity contribution in [3.63, 3.8) is 0 Å². The Morgan fingerprint density at radius 2 is 1.94 bits per heavy atom. The molecule has 0 radical (unpaired) electrons. The van der Waals surface area contributed by atoms with Crippen molar-refractivity contribution in [2.75, 3.05) is 0 Å². The second-order valence-electron chi connectivity index (χ2n) is 6.43. The summed E-state index contributed by atoms with van der Waals surface area (Å²) in [7, 11) is 0. The maximum atomic E-state index is 13.2. The molecule has 2 heterocycles. The van der Waals surface area contributed by atoms with Crippen LogP contribution in [0.15, 0.2) is 64.7 Å². The third kappa shape index (κ3) is 4.14. The zero-order chi connectivity index (χ0) is 22.2. The van der Waals surface area contributed by atoms with E-state index in [9.17, 15) is 28.1 Å². The van der Waals surface area contributed by atoms with Crippen LogP contribution in [0, 0.1) is 10.1 Å². The molecule has 0 spiro atoms. The number of fused-ring (bicyclic) bond motifs is 1. The third-order valence-corrected chi connectivity index (χ3v) is 5.38. The molecule has 12 heteroatoms. The highest BCUT2D eigenvalue weighted by Crippen LogP contribution is 2.31. The monoisotopic (exact) mass is 447 g/mol. The van der Waals surface area contributed by atoms with Crippen molar-refractivity contribution in [3.05, 3.63) is 86.3 Å². The number of nitro groups is 1. The molecular formula is C19H12F3N5O3S. The van der Waals surface area contributed by atoms with E-state index in [2.05, 4.69) is 15.2 Å². The van der Waals surface area contributed by atoms with Crippen LogP contribution in [0.2, 0.25) is 0 Å². The van der Waals surface area contributed by atoms with Crippen LogP contribution in [0.4, 0.5) is 18.9 Å². The fourth-order valence-corrected chi connectivity index (χ4v) is 3.88. The molecule has 0 bridgehead atoms. The topological polar surface area (TPSA) is 107 Å². The van der Waals surface area contributed by atoms with Crippen LogP contribution in [-0.2, 0) is 11.9 Å². The van der Waals surface area contributed by atoms with Gasteiger partial charge in [-0.25, -0.2) is 4.98 Å². The summed E-state index contributed by atoms with van der Waals surface area (Å²) in [6.45, 7) is 0. The van der Waals surface area contributed by atoms with Gasteiger partial charge < -0.3 is 0 Å². The van der Waals surface area contributed by atoms with E-state index in [1.165, 1.54) is 36.5 Å². The summed E-state index contributed by atoms with van der Waals surface area (Å²) in [6.07, 6.45) is -3.33. The number of hydrogen-bond acceptors (Lipinski definition) is 6. The Morgan fingerprint density at radius 1 is 1.16 bits per heavy atom. The van der Waals surface area contributed by atoms with Gasteiger partial charge in [0, 0.05) is 17.9 Å². The average molecular weight is 447 g/mol. The number of aromatic amines is 1. The van der Waals surface area contributed by atoms with Crippen molar-refractivity contribution in [3.8, 4) is 5.69 Å². The van der Waals surface area contributed by atoms with E-state index in [-0.39, 0.29) is 33.3 Å². The summed E-state index contributed by atoms with van der Waals surface area (Å²) in [6, 6.07) is 10.3. The molecule has 8 nitrogen and oxygen atoms in total. The molecule has 2 aromatic heterocycles. The first-order valence-corrected chi connectivity index (χ1v) is 9.72. The molecule has 0 aliphatic carbocycles. The molecule has 158 valence electrons. The van der Waals surface area contributed by atoms with Crippen LogP contribution in [-0.4, -0.2) is 24.7 Å². The van der Waals surface area contributed by atoms with Crippen molar-refractivity contribution in [1.29, 1.82) is 0 Å². The molecule has 4 rings (SSSR count). The fourth-order valence-electron chi connectivity index (χ4n) is 2.93.